The quantitative estimate of drug-likeness (QED) is 0.548. The summed E-state index contributed by atoms with van der Waals surface area (Å²) in [6.45, 7) is 0. The van der Waals surface area contributed by atoms with Crippen LogP contribution in [-0.2, 0) is 16.1 Å². The molecule has 1 aliphatic carbocycles. The minimum Gasteiger partial charge on any atom is -0.324 e. The van der Waals surface area contributed by atoms with E-state index >= 15 is 0 Å². The fourth-order valence-corrected chi connectivity index (χ4v) is 4.60. The number of halogens is 1. The lowest BCUT2D eigenvalue weighted by Crippen LogP contribution is -2.42. The van der Waals surface area contributed by atoms with Crippen molar-refractivity contribution in [3.05, 3.63) is 93.6 Å². The summed E-state index contributed by atoms with van der Waals surface area (Å²) in [5.41, 5.74) is 4.19. The number of para-hydroxylation sites is 1. The minimum absolute atomic E-state index is 0.0141. The monoisotopic (exact) mass is 482 g/mol. The van der Waals surface area contributed by atoms with Gasteiger partial charge in [0.2, 0.25) is 5.91 Å². The molecule has 3 atom stereocenters. The molecule has 140 valence electrons. The first-order valence-corrected chi connectivity index (χ1v) is 10.4. The van der Waals surface area contributed by atoms with Gasteiger partial charge in [-0.3, -0.25) is 9.63 Å². The molecule has 3 aromatic carbocycles. The number of hydrogen-bond acceptors (Lipinski definition) is 3. The Morgan fingerprint density at radius 2 is 1.68 bits per heavy atom. The molecule has 5 rings (SSSR count). The summed E-state index contributed by atoms with van der Waals surface area (Å²) < 4.78 is 1.13. The van der Waals surface area contributed by atoms with E-state index in [0.29, 0.717) is 0 Å². The second-order valence-corrected chi connectivity index (χ2v) is 8.42. The molecule has 2 aliphatic rings. The zero-order chi connectivity index (χ0) is 19.1. The largest absolute Gasteiger partial charge is 0.324 e. The number of rotatable bonds is 3. The van der Waals surface area contributed by atoms with Crippen LogP contribution in [0.2, 0.25) is 0 Å². The molecule has 1 heterocycles. The van der Waals surface area contributed by atoms with Crippen LogP contribution < -0.4 is 10.4 Å². The maximum atomic E-state index is 13.4. The molecule has 5 heteroatoms. The molecule has 0 radical (unpaired) electrons. The van der Waals surface area contributed by atoms with Crippen LogP contribution >= 0.6 is 22.6 Å². The van der Waals surface area contributed by atoms with E-state index in [1.807, 2.05) is 60.7 Å². The molecule has 28 heavy (non-hydrogen) atoms. The average molecular weight is 482 g/mol. The Bertz CT molecular complexity index is 1010. The van der Waals surface area contributed by atoms with Crippen molar-refractivity contribution in [1.29, 1.82) is 0 Å². The van der Waals surface area contributed by atoms with E-state index < -0.39 is 6.04 Å². The van der Waals surface area contributed by atoms with Crippen LogP contribution in [0.1, 0.15) is 17.0 Å². The molecule has 0 aromatic heterocycles. The number of amides is 1. The maximum absolute atomic E-state index is 13.4. The molecule has 1 amide bonds. The first kappa shape index (κ1) is 17.7. The number of anilines is 2. The smallest absolute Gasteiger partial charge is 0.250 e. The van der Waals surface area contributed by atoms with E-state index in [4.69, 9.17) is 4.84 Å². The molecule has 1 fully saturated rings. The van der Waals surface area contributed by atoms with Gasteiger partial charge in [-0.2, -0.15) is 0 Å². The van der Waals surface area contributed by atoms with Crippen LogP contribution in [0.25, 0.3) is 0 Å². The van der Waals surface area contributed by atoms with E-state index in [-0.39, 0.29) is 17.9 Å². The lowest BCUT2D eigenvalue weighted by Gasteiger charge is -2.27. The van der Waals surface area contributed by atoms with Crippen molar-refractivity contribution in [3.8, 4) is 0 Å². The van der Waals surface area contributed by atoms with E-state index in [2.05, 4.69) is 46.1 Å². The van der Waals surface area contributed by atoms with Gasteiger partial charge in [0.05, 0.1) is 11.8 Å². The number of nitrogens with zero attached hydrogens (tertiary/aromatic N) is 1. The van der Waals surface area contributed by atoms with Crippen molar-refractivity contribution in [3.63, 3.8) is 0 Å². The molecular formula is C23H19IN2O2. The van der Waals surface area contributed by atoms with Crippen LogP contribution in [0, 0.1) is 3.57 Å². The third kappa shape index (κ3) is 3.08. The fraction of sp³-hybridized carbons (Fsp3) is 0.174. The highest BCUT2D eigenvalue weighted by Crippen LogP contribution is 2.46. The van der Waals surface area contributed by atoms with Gasteiger partial charge in [0.25, 0.3) is 0 Å². The summed E-state index contributed by atoms with van der Waals surface area (Å²) in [6, 6.07) is 25.7. The van der Waals surface area contributed by atoms with Crippen LogP contribution in [0.4, 0.5) is 11.4 Å². The topological polar surface area (TPSA) is 41.6 Å². The van der Waals surface area contributed by atoms with Gasteiger partial charge in [0.1, 0.15) is 6.04 Å². The van der Waals surface area contributed by atoms with Gasteiger partial charge in [0.15, 0.2) is 0 Å². The third-order valence-corrected chi connectivity index (χ3v) is 6.19. The maximum Gasteiger partial charge on any atom is 0.250 e. The van der Waals surface area contributed by atoms with Crippen LogP contribution in [0.5, 0.6) is 0 Å². The Kier molecular flexibility index (Phi) is 4.56. The Morgan fingerprint density at radius 1 is 0.964 bits per heavy atom. The summed E-state index contributed by atoms with van der Waals surface area (Å²) in [7, 11) is 0. The SMILES string of the molecule is O=C(Nc1ccc(I)cc1)[C@@H]1[C@@H]2c3ccccc3C[C@@H]2ON1c1ccccc1. The normalized spacial score (nSPS) is 22.6. The Labute approximate surface area is 177 Å². The van der Waals surface area contributed by atoms with E-state index in [1.165, 1.54) is 11.1 Å². The van der Waals surface area contributed by atoms with E-state index in [0.717, 1.165) is 21.4 Å². The molecule has 4 nitrogen and oxygen atoms in total. The molecule has 0 saturated carbocycles. The molecule has 0 unspecified atom stereocenters. The second kappa shape index (κ2) is 7.22. The Balaban J connectivity index is 1.51. The van der Waals surface area contributed by atoms with Gasteiger partial charge in [-0.25, -0.2) is 5.06 Å². The van der Waals surface area contributed by atoms with Crippen LogP contribution in [0.3, 0.4) is 0 Å². The first-order valence-electron chi connectivity index (χ1n) is 9.36. The molecular weight excluding hydrogens is 463 g/mol. The molecule has 1 aliphatic heterocycles. The number of hydroxylamine groups is 1. The van der Waals surface area contributed by atoms with E-state index in [9.17, 15) is 4.79 Å². The van der Waals surface area contributed by atoms with Gasteiger partial charge >= 0.3 is 0 Å². The van der Waals surface area contributed by atoms with Crippen LogP contribution in [0.15, 0.2) is 78.9 Å². The lowest BCUT2D eigenvalue weighted by atomic mass is 9.91. The lowest BCUT2D eigenvalue weighted by molar-refractivity contribution is -0.118. The van der Waals surface area contributed by atoms with Crippen molar-refractivity contribution in [2.45, 2.75) is 24.5 Å². The summed E-state index contributed by atoms with van der Waals surface area (Å²) in [5.74, 6) is -0.0329. The average Bonchev–Trinajstić information content (AvgIpc) is 3.26. The number of benzene rings is 3. The van der Waals surface area contributed by atoms with E-state index in [1.54, 1.807) is 5.06 Å². The zero-order valence-corrected chi connectivity index (χ0v) is 17.2. The molecule has 3 aromatic rings. The van der Waals surface area contributed by atoms with Gasteiger partial charge < -0.3 is 5.32 Å². The minimum atomic E-state index is -0.421. The number of fused-ring (bicyclic) bond motifs is 3. The highest BCUT2D eigenvalue weighted by molar-refractivity contribution is 14.1. The summed E-state index contributed by atoms with van der Waals surface area (Å²) in [5, 5.41) is 4.89. The summed E-state index contributed by atoms with van der Waals surface area (Å²) in [4.78, 5) is 19.7. The number of carbonyl (C=O) groups is 1. The Hall–Kier alpha value is -2.38. The van der Waals surface area contributed by atoms with Crippen molar-refractivity contribution in [1.82, 2.24) is 0 Å². The van der Waals surface area contributed by atoms with Gasteiger partial charge in [-0.15, -0.1) is 0 Å². The molecule has 1 N–H and O–H groups in total. The Morgan fingerprint density at radius 3 is 2.46 bits per heavy atom. The predicted molar refractivity (Wildman–Crippen MR) is 118 cm³/mol. The standard InChI is InChI=1S/C23H19IN2O2/c24-16-10-12-17(13-11-16)25-23(27)22-21-19-9-5-4-6-15(19)14-20(21)28-26(22)18-7-2-1-3-8-18/h1-13,20-22H,14H2,(H,25,27)/t20-,21+,22-/m0/s1. The van der Waals surface area contributed by atoms with Crippen molar-refractivity contribution < 1.29 is 9.63 Å². The summed E-state index contributed by atoms with van der Waals surface area (Å²) >= 11 is 2.26. The first-order chi connectivity index (χ1) is 13.7. The zero-order valence-electron chi connectivity index (χ0n) is 15.1. The van der Waals surface area contributed by atoms with Gasteiger partial charge in [-0.1, -0.05) is 42.5 Å². The van der Waals surface area contributed by atoms with Crippen molar-refractivity contribution in [2.75, 3.05) is 10.4 Å². The highest BCUT2D eigenvalue weighted by atomic mass is 127. The van der Waals surface area contributed by atoms with Gasteiger partial charge in [0, 0.05) is 21.6 Å². The highest BCUT2D eigenvalue weighted by Gasteiger charge is 2.52. The van der Waals surface area contributed by atoms with Crippen LogP contribution in [-0.4, -0.2) is 18.1 Å². The molecule has 0 bridgehead atoms. The number of carbonyl (C=O) groups excluding carboxylic acids is 1. The second-order valence-electron chi connectivity index (χ2n) is 7.17. The van der Waals surface area contributed by atoms with Gasteiger partial charge in [-0.05, 0) is 70.1 Å². The molecule has 1 saturated heterocycles. The number of nitrogens with one attached hydrogen (secondary N) is 1. The predicted octanol–water partition coefficient (Wildman–Crippen LogP) is 4.76. The van der Waals surface area contributed by atoms with Crippen molar-refractivity contribution in [2.24, 2.45) is 0 Å². The number of hydrogen-bond donors (Lipinski definition) is 1. The summed E-state index contributed by atoms with van der Waals surface area (Å²) in [6.07, 6.45) is 0.808. The third-order valence-electron chi connectivity index (χ3n) is 5.47. The molecule has 0 spiro atoms. The fourth-order valence-electron chi connectivity index (χ4n) is 4.24. The van der Waals surface area contributed by atoms with Crippen molar-refractivity contribution >= 4 is 39.9 Å².